The Morgan fingerprint density at radius 3 is 2.81 bits per heavy atom. The van der Waals surface area contributed by atoms with E-state index in [1.165, 1.54) is 18.2 Å². The highest BCUT2D eigenvalue weighted by Crippen LogP contribution is 2.13. The van der Waals surface area contributed by atoms with Crippen molar-refractivity contribution in [2.24, 2.45) is 0 Å². The first kappa shape index (κ1) is 15.2. The average molecular weight is 286 g/mol. The van der Waals surface area contributed by atoms with E-state index in [1.54, 1.807) is 6.20 Å². The Labute approximate surface area is 124 Å². The second-order valence-electron chi connectivity index (χ2n) is 5.99. The minimum absolute atomic E-state index is 0.00650. The molecule has 0 radical (unpaired) electrons. The lowest BCUT2D eigenvalue weighted by atomic mass is 10.1. The quantitative estimate of drug-likeness (QED) is 0.940. The van der Waals surface area contributed by atoms with Gasteiger partial charge in [0.05, 0.1) is 24.7 Å². The van der Waals surface area contributed by atoms with Crippen LogP contribution in [0.25, 0.3) is 0 Å². The van der Waals surface area contributed by atoms with Gasteiger partial charge in [-0.2, -0.15) is 5.26 Å². The zero-order valence-electron chi connectivity index (χ0n) is 12.5. The molecule has 1 aromatic heterocycles. The molecule has 0 aliphatic heterocycles. The summed E-state index contributed by atoms with van der Waals surface area (Å²) in [6.45, 7) is 7.30. The number of aromatic nitrogens is 2. The van der Waals surface area contributed by atoms with Crippen molar-refractivity contribution in [2.75, 3.05) is 0 Å². The van der Waals surface area contributed by atoms with Gasteiger partial charge in [0.2, 0.25) is 0 Å². The number of halogens is 1. The molecule has 0 fully saturated rings. The topological polar surface area (TPSA) is 53.6 Å². The predicted molar refractivity (Wildman–Crippen MR) is 79.0 cm³/mol. The van der Waals surface area contributed by atoms with Crippen molar-refractivity contribution in [1.29, 1.82) is 5.26 Å². The molecule has 110 valence electrons. The molecule has 1 heterocycles. The minimum atomic E-state index is -0.335. The first-order valence-corrected chi connectivity index (χ1v) is 6.82. The van der Waals surface area contributed by atoms with Gasteiger partial charge >= 0.3 is 0 Å². The van der Waals surface area contributed by atoms with Crippen LogP contribution in [0.15, 0.2) is 30.6 Å². The van der Waals surface area contributed by atoms with E-state index in [9.17, 15) is 4.39 Å². The molecule has 0 spiro atoms. The summed E-state index contributed by atoms with van der Waals surface area (Å²) in [5.74, 6) is 0.525. The van der Waals surface area contributed by atoms with Crippen LogP contribution in [0.3, 0.4) is 0 Å². The maximum absolute atomic E-state index is 13.4. The van der Waals surface area contributed by atoms with Crippen molar-refractivity contribution in [3.05, 3.63) is 53.4 Å². The van der Waals surface area contributed by atoms with E-state index in [-0.39, 0.29) is 11.4 Å². The number of rotatable bonds is 4. The fourth-order valence-electron chi connectivity index (χ4n) is 1.98. The van der Waals surface area contributed by atoms with Crippen LogP contribution in [0, 0.1) is 17.1 Å². The highest BCUT2D eigenvalue weighted by Gasteiger charge is 2.12. The third kappa shape index (κ3) is 4.14. The van der Waals surface area contributed by atoms with E-state index in [2.05, 4.69) is 37.1 Å². The van der Waals surface area contributed by atoms with Gasteiger partial charge < -0.3 is 9.88 Å². The van der Waals surface area contributed by atoms with Gasteiger partial charge in [-0.1, -0.05) is 0 Å². The lowest BCUT2D eigenvalue weighted by molar-refractivity contribution is 0.413. The van der Waals surface area contributed by atoms with E-state index in [4.69, 9.17) is 5.26 Å². The van der Waals surface area contributed by atoms with Crippen LogP contribution in [0.2, 0.25) is 0 Å². The van der Waals surface area contributed by atoms with Gasteiger partial charge in [0, 0.05) is 17.9 Å². The van der Waals surface area contributed by atoms with Crippen LogP contribution < -0.4 is 5.32 Å². The van der Waals surface area contributed by atoms with Crippen molar-refractivity contribution in [1.82, 2.24) is 14.9 Å². The third-order valence-corrected chi connectivity index (χ3v) is 3.11. The molecule has 0 aliphatic carbocycles. The number of nitrogens with zero attached hydrogens (tertiary/aromatic N) is 3. The Balaban J connectivity index is 2.20. The van der Waals surface area contributed by atoms with Gasteiger partial charge in [-0.15, -0.1) is 0 Å². The molecule has 1 aromatic carbocycles. The van der Waals surface area contributed by atoms with E-state index in [0.717, 1.165) is 5.82 Å². The maximum atomic E-state index is 13.4. The fraction of sp³-hybridized carbons (Fsp3) is 0.375. The SMILES string of the molecule is CC(C)(C)NCc1nccn1Cc1cc(F)ccc1C#N. The second kappa shape index (κ2) is 6.06. The minimum Gasteiger partial charge on any atom is -0.329 e. The number of hydrogen-bond acceptors (Lipinski definition) is 3. The Bertz CT molecular complexity index is 662. The molecule has 4 nitrogen and oxygen atoms in total. The summed E-state index contributed by atoms with van der Waals surface area (Å²) in [7, 11) is 0. The maximum Gasteiger partial charge on any atom is 0.123 e. The van der Waals surface area contributed by atoms with Crippen molar-refractivity contribution < 1.29 is 4.39 Å². The summed E-state index contributed by atoms with van der Waals surface area (Å²) in [6.07, 6.45) is 3.55. The lowest BCUT2D eigenvalue weighted by Crippen LogP contribution is -2.36. The highest BCUT2D eigenvalue weighted by atomic mass is 19.1. The zero-order chi connectivity index (χ0) is 15.5. The summed E-state index contributed by atoms with van der Waals surface area (Å²) in [4.78, 5) is 4.32. The van der Waals surface area contributed by atoms with Crippen LogP contribution in [0.5, 0.6) is 0 Å². The number of imidazole rings is 1. The Kier molecular flexibility index (Phi) is 4.39. The van der Waals surface area contributed by atoms with Crippen molar-refractivity contribution in [3.63, 3.8) is 0 Å². The lowest BCUT2D eigenvalue weighted by Gasteiger charge is -2.20. The van der Waals surface area contributed by atoms with Crippen molar-refractivity contribution in [3.8, 4) is 6.07 Å². The van der Waals surface area contributed by atoms with Crippen LogP contribution in [-0.4, -0.2) is 15.1 Å². The smallest absolute Gasteiger partial charge is 0.123 e. The Morgan fingerprint density at radius 1 is 1.38 bits per heavy atom. The van der Waals surface area contributed by atoms with E-state index < -0.39 is 0 Å². The van der Waals surface area contributed by atoms with Gasteiger partial charge in [0.15, 0.2) is 0 Å². The zero-order valence-corrected chi connectivity index (χ0v) is 12.5. The molecule has 1 N–H and O–H groups in total. The third-order valence-electron chi connectivity index (χ3n) is 3.11. The first-order valence-electron chi connectivity index (χ1n) is 6.82. The average Bonchev–Trinajstić information content (AvgIpc) is 2.83. The number of benzene rings is 1. The number of nitrogens with one attached hydrogen (secondary N) is 1. The summed E-state index contributed by atoms with van der Waals surface area (Å²) in [5, 5.41) is 12.5. The number of hydrogen-bond donors (Lipinski definition) is 1. The predicted octanol–water partition coefficient (Wildman–Crippen LogP) is 2.83. The van der Waals surface area contributed by atoms with Gasteiger partial charge in [0.1, 0.15) is 11.6 Å². The normalized spacial score (nSPS) is 11.4. The van der Waals surface area contributed by atoms with E-state index in [0.29, 0.717) is 24.2 Å². The molecule has 2 aromatic rings. The fourth-order valence-corrected chi connectivity index (χ4v) is 1.98. The van der Waals surface area contributed by atoms with Crippen molar-refractivity contribution in [2.45, 2.75) is 39.4 Å². The molecule has 0 unspecified atom stereocenters. The molecule has 0 aliphatic rings. The van der Waals surface area contributed by atoms with Gasteiger partial charge in [0.25, 0.3) is 0 Å². The standard InChI is InChI=1S/C16H19FN4/c1-16(2,3)20-10-15-19-6-7-21(15)11-13-8-14(17)5-4-12(13)9-18/h4-8,20H,10-11H2,1-3H3. The molecule has 0 bridgehead atoms. The van der Waals surface area contributed by atoms with Gasteiger partial charge in [-0.05, 0) is 44.5 Å². The van der Waals surface area contributed by atoms with Crippen LogP contribution in [0.1, 0.15) is 37.7 Å². The highest BCUT2D eigenvalue weighted by molar-refractivity contribution is 5.38. The molecule has 0 amide bonds. The van der Waals surface area contributed by atoms with Gasteiger partial charge in [-0.25, -0.2) is 9.37 Å². The second-order valence-corrected chi connectivity index (χ2v) is 5.99. The van der Waals surface area contributed by atoms with Crippen LogP contribution in [-0.2, 0) is 13.1 Å². The van der Waals surface area contributed by atoms with Crippen LogP contribution >= 0.6 is 0 Å². The Hall–Kier alpha value is -2.19. The summed E-state index contributed by atoms with van der Waals surface area (Å²) in [6, 6.07) is 6.31. The monoisotopic (exact) mass is 286 g/mol. The van der Waals surface area contributed by atoms with Crippen molar-refractivity contribution >= 4 is 0 Å². The molecular weight excluding hydrogens is 267 g/mol. The van der Waals surface area contributed by atoms with Gasteiger partial charge in [-0.3, -0.25) is 0 Å². The first-order chi connectivity index (χ1) is 9.89. The molecule has 0 saturated heterocycles. The summed E-state index contributed by atoms with van der Waals surface area (Å²) < 4.78 is 15.3. The van der Waals surface area contributed by atoms with E-state index in [1.807, 2.05) is 10.8 Å². The molecule has 2 rings (SSSR count). The Morgan fingerprint density at radius 2 is 2.14 bits per heavy atom. The molecule has 0 atom stereocenters. The molecule has 5 heteroatoms. The van der Waals surface area contributed by atoms with E-state index >= 15 is 0 Å². The molecular formula is C16H19FN4. The summed E-state index contributed by atoms with van der Waals surface area (Å²) in [5.41, 5.74) is 1.14. The molecule has 21 heavy (non-hydrogen) atoms. The largest absolute Gasteiger partial charge is 0.329 e. The van der Waals surface area contributed by atoms with Crippen LogP contribution in [0.4, 0.5) is 4.39 Å². The number of nitriles is 1. The molecule has 0 saturated carbocycles. The summed E-state index contributed by atoms with van der Waals surface area (Å²) >= 11 is 0.